The molecule has 1 fully saturated rings. The number of hydrogen-bond donors (Lipinski definition) is 1. The van der Waals surface area contributed by atoms with Gasteiger partial charge in [-0.05, 0) is 41.4 Å². The summed E-state index contributed by atoms with van der Waals surface area (Å²) in [6.07, 6.45) is 2.22. The fraction of sp³-hybridized carbons (Fsp3) is 0.500. The lowest BCUT2D eigenvalue weighted by Crippen LogP contribution is -2.28. The molecule has 1 aromatic rings. The monoisotopic (exact) mass is 287 g/mol. The van der Waals surface area contributed by atoms with Crippen molar-refractivity contribution in [2.45, 2.75) is 18.8 Å². The van der Waals surface area contributed by atoms with Gasteiger partial charge in [-0.1, -0.05) is 6.07 Å². The molecular formula is C12H15BrFNO. The van der Waals surface area contributed by atoms with Crippen LogP contribution in [-0.4, -0.2) is 20.2 Å². The normalized spacial score (nSPS) is 20.8. The number of benzene rings is 1. The summed E-state index contributed by atoms with van der Waals surface area (Å²) < 4.78 is 19.5. The quantitative estimate of drug-likeness (QED) is 0.903. The maximum Gasteiger partial charge on any atom is 0.179 e. The van der Waals surface area contributed by atoms with Crippen LogP contribution < -0.4 is 10.1 Å². The maximum absolute atomic E-state index is 13.8. The van der Waals surface area contributed by atoms with E-state index in [1.54, 1.807) is 6.07 Å². The Bertz CT molecular complexity index is 378. The minimum absolute atomic E-state index is 0.300. The molecule has 0 aliphatic carbocycles. The first-order chi connectivity index (χ1) is 7.74. The Balaban J connectivity index is 2.35. The highest BCUT2D eigenvalue weighted by atomic mass is 79.9. The minimum Gasteiger partial charge on any atom is -0.493 e. The zero-order valence-corrected chi connectivity index (χ0v) is 10.8. The molecule has 0 bridgehead atoms. The van der Waals surface area contributed by atoms with Crippen LogP contribution in [0.2, 0.25) is 0 Å². The summed E-state index contributed by atoms with van der Waals surface area (Å²) in [4.78, 5) is 0. The molecular weight excluding hydrogens is 273 g/mol. The fourth-order valence-electron chi connectivity index (χ4n) is 2.19. The standard InChI is InChI=1S/C12H15BrFNO/c1-16-12-9(4-5-10(13)11(12)14)8-3-2-6-15-7-8/h4-5,8,15H,2-3,6-7H2,1H3. The molecule has 2 rings (SSSR count). The molecule has 0 radical (unpaired) electrons. The average molecular weight is 288 g/mol. The predicted molar refractivity (Wildman–Crippen MR) is 65.5 cm³/mol. The number of hydrogen-bond acceptors (Lipinski definition) is 2. The number of rotatable bonds is 2. The van der Waals surface area contributed by atoms with Crippen LogP contribution in [-0.2, 0) is 0 Å². The molecule has 1 aromatic carbocycles. The molecule has 0 aromatic heterocycles. The lowest BCUT2D eigenvalue weighted by atomic mass is 9.91. The van der Waals surface area contributed by atoms with E-state index in [2.05, 4.69) is 21.2 Å². The summed E-state index contributed by atoms with van der Waals surface area (Å²) in [5, 5.41) is 3.33. The summed E-state index contributed by atoms with van der Waals surface area (Å²) >= 11 is 3.17. The van der Waals surface area contributed by atoms with E-state index in [0.717, 1.165) is 31.5 Å². The molecule has 1 heterocycles. The first-order valence-electron chi connectivity index (χ1n) is 5.46. The second kappa shape index (κ2) is 5.15. The van der Waals surface area contributed by atoms with Gasteiger partial charge in [-0.2, -0.15) is 0 Å². The number of methoxy groups -OCH3 is 1. The van der Waals surface area contributed by atoms with Crippen LogP contribution in [0.15, 0.2) is 16.6 Å². The second-order valence-corrected chi connectivity index (χ2v) is 4.88. The zero-order valence-electron chi connectivity index (χ0n) is 9.22. The lowest BCUT2D eigenvalue weighted by molar-refractivity contribution is 0.367. The van der Waals surface area contributed by atoms with Gasteiger partial charge in [0.15, 0.2) is 11.6 Å². The highest BCUT2D eigenvalue weighted by molar-refractivity contribution is 9.10. The first-order valence-corrected chi connectivity index (χ1v) is 6.26. The third kappa shape index (κ3) is 2.23. The molecule has 0 spiro atoms. The van der Waals surface area contributed by atoms with Crippen molar-refractivity contribution in [3.8, 4) is 5.75 Å². The van der Waals surface area contributed by atoms with Crippen molar-refractivity contribution < 1.29 is 9.13 Å². The number of halogens is 2. The highest BCUT2D eigenvalue weighted by Crippen LogP contribution is 2.35. The van der Waals surface area contributed by atoms with Gasteiger partial charge >= 0.3 is 0 Å². The molecule has 2 nitrogen and oxygen atoms in total. The predicted octanol–water partition coefficient (Wildman–Crippen LogP) is 3.06. The fourth-order valence-corrected chi connectivity index (χ4v) is 2.51. The Hall–Kier alpha value is -0.610. The van der Waals surface area contributed by atoms with Gasteiger partial charge in [-0.3, -0.25) is 0 Å². The Morgan fingerprint density at radius 2 is 2.31 bits per heavy atom. The SMILES string of the molecule is COc1c(C2CCCNC2)ccc(Br)c1F. The van der Waals surface area contributed by atoms with Crippen LogP contribution in [0.3, 0.4) is 0 Å². The molecule has 16 heavy (non-hydrogen) atoms. The third-order valence-electron chi connectivity index (χ3n) is 3.02. The van der Waals surface area contributed by atoms with Gasteiger partial charge in [0.25, 0.3) is 0 Å². The second-order valence-electron chi connectivity index (χ2n) is 4.03. The average Bonchev–Trinajstić information content (AvgIpc) is 2.33. The van der Waals surface area contributed by atoms with Gasteiger partial charge in [0.2, 0.25) is 0 Å². The van der Waals surface area contributed by atoms with E-state index in [-0.39, 0.29) is 5.82 Å². The summed E-state index contributed by atoms with van der Waals surface area (Å²) in [5.74, 6) is 0.431. The van der Waals surface area contributed by atoms with E-state index in [1.807, 2.05) is 6.07 Å². The van der Waals surface area contributed by atoms with Crippen LogP contribution in [0.5, 0.6) is 5.75 Å². The van der Waals surface area contributed by atoms with Crippen molar-refractivity contribution in [3.63, 3.8) is 0 Å². The Morgan fingerprint density at radius 1 is 1.50 bits per heavy atom. The third-order valence-corrected chi connectivity index (χ3v) is 3.63. The van der Waals surface area contributed by atoms with Crippen molar-refractivity contribution in [2.24, 2.45) is 0 Å². The van der Waals surface area contributed by atoms with E-state index in [0.29, 0.717) is 16.1 Å². The molecule has 1 atom stereocenters. The Morgan fingerprint density at radius 3 is 2.94 bits per heavy atom. The van der Waals surface area contributed by atoms with E-state index >= 15 is 0 Å². The van der Waals surface area contributed by atoms with Crippen LogP contribution in [0.1, 0.15) is 24.3 Å². The van der Waals surface area contributed by atoms with Gasteiger partial charge in [0.1, 0.15) is 0 Å². The summed E-state index contributed by atoms with van der Waals surface area (Å²) in [7, 11) is 1.52. The Kier molecular flexibility index (Phi) is 3.82. The summed E-state index contributed by atoms with van der Waals surface area (Å²) in [5.41, 5.74) is 0.968. The molecule has 1 unspecified atom stereocenters. The van der Waals surface area contributed by atoms with Crippen LogP contribution in [0, 0.1) is 5.82 Å². The number of nitrogens with one attached hydrogen (secondary N) is 1. The zero-order chi connectivity index (χ0) is 11.5. The topological polar surface area (TPSA) is 21.3 Å². The van der Waals surface area contributed by atoms with Crippen molar-refractivity contribution in [2.75, 3.05) is 20.2 Å². The van der Waals surface area contributed by atoms with E-state index < -0.39 is 0 Å². The van der Waals surface area contributed by atoms with E-state index in [1.165, 1.54) is 7.11 Å². The number of piperidine rings is 1. The van der Waals surface area contributed by atoms with E-state index in [4.69, 9.17) is 4.74 Å². The van der Waals surface area contributed by atoms with Gasteiger partial charge in [0, 0.05) is 18.0 Å². The molecule has 1 aliphatic heterocycles. The molecule has 1 aliphatic rings. The van der Waals surface area contributed by atoms with Crippen LogP contribution in [0.25, 0.3) is 0 Å². The van der Waals surface area contributed by atoms with E-state index in [9.17, 15) is 4.39 Å². The molecule has 88 valence electrons. The Labute approximate surface area is 103 Å². The molecule has 0 amide bonds. The summed E-state index contributed by atoms with van der Waals surface area (Å²) in [6.45, 7) is 1.95. The maximum atomic E-state index is 13.8. The van der Waals surface area contributed by atoms with Gasteiger partial charge in [0.05, 0.1) is 11.6 Å². The highest BCUT2D eigenvalue weighted by Gasteiger charge is 2.22. The van der Waals surface area contributed by atoms with Crippen LogP contribution >= 0.6 is 15.9 Å². The smallest absolute Gasteiger partial charge is 0.179 e. The molecule has 1 N–H and O–H groups in total. The first kappa shape index (κ1) is 11.9. The van der Waals surface area contributed by atoms with Gasteiger partial charge < -0.3 is 10.1 Å². The minimum atomic E-state index is -0.300. The van der Waals surface area contributed by atoms with Crippen molar-refractivity contribution in [1.29, 1.82) is 0 Å². The van der Waals surface area contributed by atoms with Crippen molar-refractivity contribution in [1.82, 2.24) is 5.32 Å². The largest absolute Gasteiger partial charge is 0.493 e. The summed E-state index contributed by atoms with van der Waals surface area (Å²) in [6, 6.07) is 3.70. The van der Waals surface area contributed by atoms with Gasteiger partial charge in [-0.15, -0.1) is 0 Å². The number of ether oxygens (including phenoxy) is 1. The molecule has 0 saturated carbocycles. The molecule has 1 saturated heterocycles. The van der Waals surface area contributed by atoms with Crippen LogP contribution in [0.4, 0.5) is 4.39 Å². The lowest BCUT2D eigenvalue weighted by Gasteiger charge is -2.25. The van der Waals surface area contributed by atoms with Gasteiger partial charge in [-0.25, -0.2) is 4.39 Å². The van der Waals surface area contributed by atoms with Crippen molar-refractivity contribution in [3.05, 3.63) is 28.0 Å². The molecule has 4 heteroatoms. The van der Waals surface area contributed by atoms with Crippen molar-refractivity contribution >= 4 is 15.9 Å².